The number of anilines is 1. The maximum atomic E-state index is 12.7. The van der Waals surface area contributed by atoms with Gasteiger partial charge < -0.3 is 14.6 Å². The standard InChI is InChI=1S/C29H26N4O2/c34-27(30-20-22-10-3-1-4-11-22)17-18-33(21-23-12-5-2-6-13-23)29-24-14-7-8-15-25(24)31-28(32-29)26-16-9-19-35-26/h1-16,19H,17-18,20-21H2,(H,30,34). The molecule has 0 bridgehead atoms. The van der Waals surface area contributed by atoms with Crippen LogP contribution < -0.4 is 10.2 Å². The van der Waals surface area contributed by atoms with Gasteiger partial charge in [0, 0.05) is 31.4 Å². The van der Waals surface area contributed by atoms with Crippen LogP contribution in [0.2, 0.25) is 0 Å². The number of amides is 1. The largest absolute Gasteiger partial charge is 0.461 e. The first kappa shape index (κ1) is 22.3. The molecule has 2 aromatic heterocycles. The number of rotatable bonds is 9. The number of nitrogens with one attached hydrogen (secondary N) is 1. The second kappa shape index (κ2) is 10.7. The van der Waals surface area contributed by atoms with Gasteiger partial charge in [-0.3, -0.25) is 4.79 Å². The Labute approximate surface area is 204 Å². The number of nitrogens with zero attached hydrogens (tertiary/aromatic N) is 3. The number of furan rings is 1. The molecule has 6 nitrogen and oxygen atoms in total. The van der Waals surface area contributed by atoms with Crippen LogP contribution in [0.4, 0.5) is 5.82 Å². The topological polar surface area (TPSA) is 71.3 Å². The molecule has 35 heavy (non-hydrogen) atoms. The van der Waals surface area contributed by atoms with Gasteiger partial charge in [-0.15, -0.1) is 0 Å². The average Bonchev–Trinajstić information content (AvgIpc) is 3.46. The second-order valence-corrected chi connectivity index (χ2v) is 8.28. The van der Waals surface area contributed by atoms with Gasteiger partial charge in [-0.25, -0.2) is 9.97 Å². The lowest BCUT2D eigenvalue weighted by atomic mass is 10.1. The van der Waals surface area contributed by atoms with Gasteiger partial charge in [-0.05, 0) is 35.4 Å². The van der Waals surface area contributed by atoms with Gasteiger partial charge in [0.25, 0.3) is 0 Å². The molecule has 3 aromatic carbocycles. The van der Waals surface area contributed by atoms with E-state index in [0.29, 0.717) is 37.6 Å². The van der Waals surface area contributed by atoms with Gasteiger partial charge in [0.15, 0.2) is 11.6 Å². The summed E-state index contributed by atoms with van der Waals surface area (Å²) in [6, 6.07) is 31.7. The highest BCUT2D eigenvalue weighted by molar-refractivity contribution is 5.91. The Bertz CT molecular complexity index is 1390. The van der Waals surface area contributed by atoms with Crippen LogP contribution >= 0.6 is 0 Å². The Morgan fingerprint density at radius 2 is 1.51 bits per heavy atom. The van der Waals surface area contributed by atoms with Crippen LogP contribution in [0, 0.1) is 0 Å². The molecule has 0 aliphatic heterocycles. The van der Waals surface area contributed by atoms with Crippen LogP contribution in [0.1, 0.15) is 17.5 Å². The molecule has 174 valence electrons. The molecular weight excluding hydrogens is 436 g/mol. The lowest BCUT2D eigenvalue weighted by Gasteiger charge is -2.25. The van der Waals surface area contributed by atoms with Crippen LogP contribution in [0.25, 0.3) is 22.5 Å². The van der Waals surface area contributed by atoms with Gasteiger partial charge in [-0.1, -0.05) is 72.8 Å². The van der Waals surface area contributed by atoms with Gasteiger partial charge in [0.05, 0.1) is 11.8 Å². The van der Waals surface area contributed by atoms with Crippen molar-refractivity contribution in [2.45, 2.75) is 19.5 Å². The van der Waals surface area contributed by atoms with E-state index >= 15 is 0 Å². The van der Waals surface area contributed by atoms with Gasteiger partial charge in [0.1, 0.15) is 5.82 Å². The molecule has 0 saturated heterocycles. The number of hydrogen-bond acceptors (Lipinski definition) is 5. The molecule has 0 fully saturated rings. The minimum Gasteiger partial charge on any atom is -0.461 e. The Hall–Kier alpha value is -4.45. The lowest BCUT2D eigenvalue weighted by Crippen LogP contribution is -2.31. The van der Waals surface area contributed by atoms with E-state index in [1.54, 1.807) is 6.26 Å². The molecule has 2 heterocycles. The van der Waals surface area contributed by atoms with Gasteiger partial charge in [-0.2, -0.15) is 0 Å². The highest BCUT2D eigenvalue weighted by Crippen LogP contribution is 2.29. The van der Waals surface area contributed by atoms with E-state index in [4.69, 9.17) is 14.4 Å². The zero-order valence-corrected chi connectivity index (χ0v) is 19.3. The predicted molar refractivity (Wildman–Crippen MR) is 138 cm³/mol. The van der Waals surface area contributed by atoms with Crippen LogP contribution in [-0.4, -0.2) is 22.4 Å². The minimum absolute atomic E-state index is 0.00321. The highest BCUT2D eigenvalue weighted by atomic mass is 16.3. The molecule has 5 aromatic rings. The van der Waals surface area contributed by atoms with Crippen molar-refractivity contribution in [2.24, 2.45) is 0 Å². The molecule has 1 amide bonds. The van der Waals surface area contributed by atoms with Gasteiger partial charge in [0.2, 0.25) is 5.91 Å². The third-order valence-electron chi connectivity index (χ3n) is 5.78. The molecule has 0 radical (unpaired) electrons. The van der Waals surface area contributed by atoms with Crippen molar-refractivity contribution in [3.63, 3.8) is 0 Å². The fourth-order valence-electron chi connectivity index (χ4n) is 4.00. The quantitative estimate of drug-likeness (QED) is 0.309. The van der Waals surface area contributed by atoms with E-state index in [1.165, 1.54) is 0 Å². The summed E-state index contributed by atoms with van der Waals surface area (Å²) < 4.78 is 5.59. The monoisotopic (exact) mass is 462 g/mol. The summed E-state index contributed by atoms with van der Waals surface area (Å²) in [4.78, 5) is 24.5. The zero-order chi connectivity index (χ0) is 23.9. The van der Waals surface area contributed by atoms with E-state index in [1.807, 2.05) is 84.9 Å². The first-order chi connectivity index (χ1) is 17.3. The van der Waals surface area contributed by atoms with Crippen LogP contribution in [0.15, 0.2) is 108 Å². The summed E-state index contributed by atoms with van der Waals surface area (Å²) in [7, 11) is 0. The van der Waals surface area contributed by atoms with Crippen molar-refractivity contribution in [2.75, 3.05) is 11.4 Å². The molecule has 0 saturated carbocycles. The molecule has 0 atom stereocenters. The summed E-state index contributed by atoms with van der Waals surface area (Å²) >= 11 is 0. The summed E-state index contributed by atoms with van der Waals surface area (Å²) in [5.74, 6) is 1.91. The maximum Gasteiger partial charge on any atom is 0.222 e. The molecular formula is C29H26N4O2. The van der Waals surface area contributed by atoms with Crippen molar-refractivity contribution in [1.82, 2.24) is 15.3 Å². The van der Waals surface area contributed by atoms with Crippen LogP contribution in [0.3, 0.4) is 0 Å². The molecule has 0 aliphatic rings. The summed E-state index contributed by atoms with van der Waals surface area (Å²) in [6.07, 6.45) is 1.96. The molecule has 0 unspecified atom stereocenters. The third-order valence-corrected chi connectivity index (χ3v) is 5.78. The van der Waals surface area contributed by atoms with Gasteiger partial charge >= 0.3 is 0 Å². The fraction of sp³-hybridized carbons (Fsp3) is 0.138. The Kier molecular flexibility index (Phi) is 6.80. The smallest absolute Gasteiger partial charge is 0.222 e. The van der Waals surface area contributed by atoms with Crippen LogP contribution in [0.5, 0.6) is 0 Å². The summed E-state index contributed by atoms with van der Waals surface area (Å²) in [5, 5.41) is 3.96. The van der Waals surface area contributed by atoms with E-state index in [-0.39, 0.29) is 5.91 Å². The van der Waals surface area contributed by atoms with E-state index < -0.39 is 0 Å². The fourth-order valence-corrected chi connectivity index (χ4v) is 4.00. The Balaban J connectivity index is 1.43. The van der Waals surface area contributed by atoms with E-state index in [9.17, 15) is 4.79 Å². The summed E-state index contributed by atoms with van der Waals surface area (Å²) in [5.41, 5.74) is 3.04. The van der Waals surface area contributed by atoms with E-state index in [0.717, 1.165) is 27.8 Å². The van der Waals surface area contributed by atoms with Crippen molar-refractivity contribution in [1.29, 1.82) is 0 Å². The lowest BCUT2D eigenvalue weighted by molar-refractivity contribution is -0.121. The Morgan fingerprint density at radius 3 is 2.26 bits per heavy atom. The van der Waals surface area contributed by atoms with Crippen molar-refractivity contribution in [3.05, 3.63) is 114 Å². The minimum atomic E-state index is -0.00321. The molecule has 0 aliphatic carbocycles. The number of benzene rings is 3. The number of hydrogen-bond donors (Lipinski definition) is 1. The predicted octanol–water partition coefficient (Wildman–Crippen LogP) is 5.60. The SMILES string of the molecule is O=C(CCN(Cc1ccccc1)c1nc(-c2ccco2)nc2ccccc12)NCc1ccccc1. The Morgan fingerprint density at radius 1 is 0.800 bits per heavy atom. The van der Waals surface area contributed by atoms with E-state index in [2.05, 4.69) is 22.3 Å². The van der Waals surface area contributed by atoms with Crippen molar-refractivity contribution >= 4 is 22.6 Å². The number of carbonyl (C=O) groups excluding carboxylic acids is 1. The number of aromatic nitrogens is 2. The first-order valence-corrected chi connectivity index (χ1v) is 11.7. The third kappa shape index (κ3) is 5.55. The number of carbonyl (C=O) groups is 1. The first-order valence-electron chi connectivity index (χ1n) is 11.7. The molecule has 5 rings (SSSR count). The molecule has 6 heteroatoms. The summed E-state index contributed by atoms with van der Waals surface area (Å²) in [6.45, 7) is 1.64. The van der Waals surface area contributed by atoms with Crippen molar-refractivity contribution in [3.8, 4) is 11.6 Å². The zero-order valence-electron chi connectivity index (χ0n) is 19.3. The highest BCUT2D eigenvalue weighted by Gasteiger charge is 2.18. The average molecular weight is 463 g/mol. The molecule has 1 N–H and O–H groups in total. The van der Waals surface area contributed by atoms with Crippen molar-refractivity contribution < 1.29 is 9.21 Å². The molecule has 0 spiro atoms. The maximum absolute atomic E-state index is 12.7. The number of para-hydroxylation sites is 1. The normalized spacial score (nSPS) is 10.9. The number of fused-ring (bicyclic) bond motifs is 1. The van der Waals surface area contributed by atoms with Crippen LogP contribution in [-0.2, 0) is 17.9 Å². The second-order valence-electron chi connectivity index (χ2n) is 8.28.